The Morgan fingerprint density at radius 3 is 2.33 bits per heavy atom. The Morgan fingerprint density at radius 2 is 1.67 bits per heavy atom. The summed E-state index contributed by atoms with van der Waals surface area (Å²) in [6.07, 6.45) is 14.2. The highest BCUT2D eigenvalue weighted by Crippen LogP contribution is 2.76. The van der Waals surface area contributed by atoms with Crippen LogP contribution < -0.4 is 11.1 Å². The number of hydrogen-bond acceptors (Lipinski definition) is 4. The van der Waals surface area contributed by atoms with Crippen molar-refractivity contribution >= 4 is 11.5 Å². The second-order valence-corrected chi connectivity index (χ2v) is 16.7. The Bertz CT molecular complexity index is 1300. The lowest BCUT2D eigenvalue weighted by Gasteiger charge is -2.72. The van der Waals surface area contributed by atoms with E-state index < -0.39 is 0 Å². The van der Waals surface area contributed by atoms with E-state index in [1.165, 1.54) is 75.2 Å². The van der Waals surface area contributed by atoms with E-state index in [1.54, 1.807) is 0 Å². The summed E-state index contributed by atoms with van der Waals surface area (Å²) in [5, 5.41) is 4.06. The summed E-state index contributed by atoms with van der Waals surface area (Å²) in [4.78, 5) is 12.1. The Balaban J connectivity index is 1.34. The number of methoxy groups -OCH3 is 1. The van der Waals surface area contributed by atoms with E-state index >= 15 is 0 Å². The Labute approximate surface area is 261 Å². The molecule has 9 unspecified atom stereocenters. The average Bonchev–Trinajstić information content (AvgIpc) is 3.36. The van der Waals surface area contributed by atoms with E-state index in [0.29, 0.717) is 40.7 Å². The highest BCUT2D eigenvalue weighted by Gasteiger charge is 2.70. The van der Waals surface area contributed by atoms with Crippen LogP contribution in [-0.4, -0.2) is 31.7 Å². The van der Waals surface area contributed by atoms with Crippen LogP contribution in [0.2, 0.25) is 0 Å². The number of ether oxygens (including phenoxy) is 1. The fraction of sp³-hybridized carbons (Fsp3) is 0.718. The number of rotatable bonds is 6. The normalized spacial score (nSPS) is 43.0. The fourth-order valence-corrected chi connectivity index (χ4v) is 12.8. The predicted molar refractivity (Wildman–Crippen MR) is 177 cm³/mol. The van der Waals surface area contributed by atoms with Gasteiger partial charge in [0, 0.05) is 18.6 Å². The van der Waals surface area contributed by atoms with E-state index in [-0.39, 0.29) is 22.3 Å². The molecule has 4 fully saturated rings. The minimum absolute atomic E-state index is 0.0726. The summed E-state index contributed by atoms with van der Waals surface area (Å²) in [5.41, 5.74) is 12.1. The second kappa shape index (κ2) is 10.6. The number of carbonyl (C=O) groups excluding carboxylic acids is 1. The Hall–Kier alpha value is -1.91. The topological polar surface area (TPSA) is 64.3 Å². The lowest BCUT2D eigenvalue weighted by atomic mass is 9.33. The fourth-order valence-electron chi connectivity index (χ4n) is 12.8. The van der Waals surface area contributed by atoms with Crippen LogP contribution >= 0.6 is 0 Å². The molecule has 1 aromatic rings. The van der Waals surface area contributed by atoms with Crippen LogP contribution in [0.5, 0.6) is 0 Å². The number of hydrogen-bond donors (Lipinski definition) is 2. The number of nitrogens with one attached hydrogen (secondary N) is 1. The van der Waals surface area contributed by atoms with Crippen molar-refractivity contribution in [2.45, 2.75) is 105 Å². The summed E-state index contributed by atoms with van der Waals surface area (Å²) < 4.78 is 4.95. The molecule has 0 heterocycles. The van der Waals surface area contributed by atoms with E-state index in [2.05, 4.69) is 71.6 Å². The predicted octanol–water partition coefficient (Wildman–Crippen LogP) is 8.42. The molecule has 0 spiro atoms. The molecule has 3 N–H and O–H groups in total. The van der Waals surface area contributed by atoms with E-state index in [0.717, 1.165) is 24.8 Å². The van der Waals surface area contributed by atoms with Crippen LogP contribution in [0.1, 0.15) is 115 Å². The molecule has 43 heavy (non-hydrogen) atoms. The van der Waals surface area contributed by atoms with Gasteiger partial charge in [-0.2, -0.15) is 0 Å². The minimum atomic E-state index is -0.269. The van der Waals surface area contributed by atoms with Crippen LogP contribution in [0, 0.1) is 51.2 Å². The molecule has 0 aromatic heterocycles. The third-order valence-corrected chi connectivity index (χ3v) is 14.9. The van der Waals surface area contributed by atoms with Crippen LogP contribution in [-0.2, 0) is 4.74 Å². The zero-order valence-corrected chi connectivity index (χ0v) is 28.2. The molecule has 1 aromatic carbocycles. The van der Waals surface area contributed by atoms with E-state index in [9.17, 15) is 4.79 Å². The zero-order chi connectivity index (χ0) is 31.0. The lowest BCUT2D eigenvalue weighted by Crippen LogP contribution is -2.68. The van der Waals surface area contributed by atoms with Crippen LogP contribution in [0.25, 0.3) is 5.57 Å². The first-order valence-electron chi connectivity index (χ1n) is 17.3. The van der Waals surface area contributed by atoms with Gasteiger partial charge < -0.3 is 15.8 Å². The van der Waals surface area contributed by atoms with Crippen LogP contribution in [0.4, 0.5) is 0 Å². The molecule has 9 atom stereocenters. The van der Waals surface area contributed by atoms with Crippen molar-refractivity contribution in [1.29, 1.82) is 0 Å². The quantitative estimate of drug-likeness (QED) is 0.259. The van der Waals surface area contributed by atoms with Gasteiger partial charge in [-0.1, -0.05) is 65.0 Å². The summed E-state index contributed by atoms with van der Waals surface area (Å²) in [6.45, 7) is 21.6. The molecule has 5 aliphatic carbocycles. The Kier molecular flexibility index (Phi) is 7.65. The summed E-state index contributed by atoms with van der Waals surface area (Å²) in [6, 6.07) is 8.12. The molecule has 0 amide bonds. The number of carbonyl (C=O) groups is 1. The van der Waals surface area contributed by atoms with Crippen LogP contribution in [0.3, 0.4) is 0 Å². The highest BCUT2D eigenvalue weighted by atomic mass is 16.5. The average molecular weight is 587 g/mol. The summed E-state index contributed by atoms with van der Waals surface area (Å²) >= 11 is 0. The maximum atomic E-state index is 12.1. The number of fused-ring (bicyclic) bond motifs is 7. The maximum absolute atomic E-state index is 12.1. The molecule has 5 aliphatic rings. The Morgan fingerprint density at radius 1 is 0.953 bits per heavy atom. The van der Waals surface area contributed by atoms with Gasteiger partial charge in [-0.15, -0.1) is 0 Å². The molecule has 6 rings (SSSR count). The molecular weight excluding hydrogens is 528 g/mol. The van der Waals surface area contributed by atoms with Crippen molar-refractivity contribution in [2.75, 3.05) is 20.2 Å². The molecule has 0 radical (unpaired) electrons. The van der Waals surface area contributed by atoms with Gasteiger partial charge in [0.15, 0.2) is 0 Å². The molecule has 4 heteroatoms. The van der Waals surface area contributed by atoms with Crippen molar-refractivity contribution in [3.05, 3.63) is 53.6 Å². The first kappa shape index (κ1) is 31.1. The van der Waals surface area contributed by atoms with Crippen molar-refractivity contribution in [3.63, 3.8) is 0 Å². The number of esters is 1. The first-order valence-corrected chi connectivity index (χ1v) is 17.3. The summed E-state index contributed by atoms with van der Waals surface area (Å²) in [7, 11) is 1.45. The van der Waals surface area contributed by atoms with Gasteiger partial charge in [0.25, 0.3) is 0 Å². The largest absolute Gasteiger partial charge is 0.465 e. The zero-order valence-electron chi connectivity index (χ0n) is 28.2. The molecule has 236 valence electrons. The molecule has 4 nitrogen and oxygen atoms in total. The SMILES string of the molecule is C=C(C)C1CCC2(NCCN)CCC3(C)C(CCC4C5(C)CC=C(c6ccc(C(=O)OC)cc6)C(C)(C)C5CCC43C)C12. The number of nitrogens with two attached hydrogens (primary N) is 1. The first-order chi connectivity index (χ1) is 20.3. The third kappa shape index (κ3) is 4.32. The van der Waals surface area contributed by atoms with E-state index in [4.69, 9.17) is 10.5 Å². The van der Waals surface area contributed by atoms with Crippen molar-refractivity contribution < 1.29 is 9.53 Å². The monoisotopic (exact) mass is 586 g/mol. The number of benzene rings is 1. The smallest absolute Gasteiger partial charge is 0.337 e. The standard InChI is InChI=1S/C39H58N2O2/c1-25(2)28-15-20-39(41-24-23-40)22-21-37(6)30(33(28)39)13-14-32-36(5)18-16-29(26-9-11-27(12-10-26)34(42)43-8)35(3,4)31(36)17-19-38(32,37)7/h9-12,16,28,30-33,41H,1,13-15,17-24,40H2,2-8H3. The maximum Gasteiger partial charge on any atom is 0.337 e. The lowest BCUT2D eigenvalue weighted by molar-refractivity contribution is -0.219. The minimum Gasteiger partial charge on any atom is -0.465 e. The highest BCUT2D eigenvalue weighted by molar-refractivity contribution is 5.89. The van der Waals surface area contributed by atoms with Crippen LogP contribution in [0.15, 0.2) is 42.5 Å². The van der Waals surface area contributed by atoms with Gasteiger partial charge in [-0.05, 0) is 139 Å². The summed E-state index contributed by atoms with van der Waals surface area (Å²) in [5.74, 6) is 3.16. The molecule has 0 bridgehead atoms. The van der Waals surface area contributed by atoms with E-state index in [1.807, 2.05) is 12.1 Å². The van der Waals surface area contributed by atoms with Crippen molar-refractivity contribution in [2.24, 2.45) is 57.0 Å². The van der Waals surface area contributed by atoms with Gasteiger partial charge >= 0.3 is 5.97 Å². The van der Waals surface area contributed by atoms with Gasteiger partial charge in [-0.25, -0.2) is 4.79 Å². The van der Waals surface area contributed by atoms with Gasteiger partial charge in [0.1, 0.15) is 0 Å². The molecule has 0 aliphatic heterocycles. The number of allylic oxidation sites excluding steroid dienone is 3. The van der Waals surface area contributed by atoms with Gasteiger partial charge in [0.05, 0.1) is 12.7 Å². The second-order valence-electron chi connectivity index (χ2n) is 16.7. The molecular formula is C39H58N2O2. The van der Waals surface area contributed by atoms with Gasteiger partial charge in [0.2, 0.25) is 0 Å². The van der Waals surface area contributed by atoms with Gasteiger partial charge in [-0.3, -0.25) is 0 Å². The van der Waals surface area contributed by atoms with Crippen molar-refractivity contribution in [3.8, 4) is 0 Å². The molecule has 0 saturated heterocycles. The van der Waals surface area contributed by atoms with Crippen molar-refractivity contribution in [1.82, 2.24) is 5.32 Å². The molecule has 4 saturated carbocycles. The third-order valence-electron chi connectivity index (χ3n) is 14.9.